The Balaban J connectivity index is 1.87. The molecule has 2 aromatic carbocycles. The van der Waals surface area contributed by atoms with Gasteiger partial charge in [0.05, 0.1) is 12.3 Å². The summed E-state index contributed by atoms with van der Waals surface area (Å²) in [6.45, 7) is 0. The average Bonchev–Trinajstić information content (AvgIpc) is 3.02. The molecule has 0 amide bonds. The number of rotatable bonds is 3. The van der Waals surface area contributed by atoms with Crippen LogP contribution < -0.4 is 5.73 Å². The first-order chi connectivity index (χ1) is 9.34. The lowest BCUT2D eigenvalue weighted by molar-refractivity contribution is 0.490. The van der Waals surface area contributed by atoms with Gasteiger partial charge in [0.2, 0.25) is 0 Å². The SMILES string of the molecule is NC(c1ccc(-c2ccccc2)cc1)c1ccco1. The van der Waals surface area contributed by atoms with Gasteiger partial charge in [-0.25, -0.2) is 0 Å². The summed E-state index contributed by atoms with van der Waals surface area (Å²) in [4.78, 5) is 0. The Kier molecular flexibility index (Phi) is 3.17. The van der Waals surface area contributed by atoms with Gasteiger partial charge in [-0.3, -0.25) is 0 Å². The lowest BCUT2D eigenvalue weighted by Crippen LogP contribution is -2.10. The maximum absolute atomic E-state index is 6.16. The van der Waals surface area contributed by atoms with E-state index in [0.717, 1.165) is 11.3 Å². The number of nitrogens with two attached hydrogens (primary N) is 1. The summed E-state index contributed by atoms with van der Waals surface area (Å²) in [6.07, 6.45) is 1.65. The largest absolute Gasteiger partial charge is 0.467 e. The predicted octanol–water partition coefficient (Wildman–Crippen LogP) is 3.99. The summed E-state index contributed by atoms with van der Waals surface area (Å²) in [7, 11) is 0. The molecular formula is C17H15NO. The van der Waals surface area contributed by atoms with Gasteiger partial charge in [0.25, 0.3) is 0 Å². The molecule has 0 aliphatic heterocycles. The maximum atomic E-state index is 6.16. The Morgan fingerprint density at radius 3 is 2.05 bits per heavy atom. The molecule has 0 aliphatic rings. The van der Waals surface area contributed by atoms with Gasteiger partial charge in [-0.15, -0.1) is 0 Å². The fourth-order valence-corrected chi connectivity index (χ4v) is 2.15. The topological polar surface area (TPSA) is 39.2 Å². The van der Waals surface area contributed by atoms with Gasteiger partial charge in [0.1, 0.15) is 5.76 Å². The second kappa shape index (κ2) is 5.12. The molecule has 0 fully saturated rings. The fourth-order valence-electron chi connectivity index (χ4n) is 2.15. The summed E-state index contributed by atoms with van der Waals surface area (Å²) < 4.78 is 5.34. The van der Waals surface area contributed by atoms with Crippen molar-refractivity contribution in [3.8, 4) is 11.1 Å². The second-order valence-electron chi connectivity index (χ2n) is 4.48. The third-order valence-corrected chi connectivity index (χ3v) is 3.23. The van der Waals surface area contributed by atoms with Crippen molar-refractivity contribution in [3.63, 3.8) is 0 Å². The molecule has 1 aromatic heterocycles. The van der Waals surface area contributed by atoms with E-state index in [1.165, 1.54) is 11.1 Å². The maximum Gasteiger partial charge on any atom is 0.124 e. The Morgan fingerprint density at radius 1 is 0.737 bits per heavy atom. The van der Waals surface area contributed by atoms with Crippen LogP contribution in [0.3, 0.4) is 0 Å². The highest BCUT2D eigenvalue weighted by Gasteiger charge is 2.11. The summed E-state index contributed by atoms with van der Waals surface area (Å²) >= 11 is 0. The van der Waals surface area contributed by atoms with Gasteiger partial charge < -0.3 is 10.2 Å². The van der Waals surface area contributed by atoms with Gasteiger partial charge in [0, 0.05) is 0 Å². The van der Waals surface area contributed by atoms with E-state index in [1.807, 2.05) is 30.3 Å². The molecule has 0 spiro atoms. The zero-order valence-electron chi connectivity index (χ0n) is 10.5. The summed E-state index contributed by atoms with van der Waals surface area (Å²) in [5, 5.41) is 0. The van der Waals surface area contributed by atoms with Crippen molar-refractivity contribution >= 4 is 0 Å². The molecule has 2 heteroatoms. The van der Waals surface area contributed by atoms with Crippen molar-refractivity contribution in [3.05, 3.63) is 84.3 Å². The molecule has 0 bridgehead atoms. The van der Waals surface area contributed by atoms with Crippen molar-refractivity contribution in [2.45, 2.75) is 6.04 Å². The van der Waals surface area contributed by atoms with E-state index in [9.17, 15) is 0 Å². The van der Waals surface area contributed by atoms with E-state index in [2.05, 4.69) is 36.4 Å². The minimum absolute atomic E-state index is 0.208. The standard InChI is InChI=1S/C17H15NO/c18-17(16-7-4-12-19-16)15-10-8-14(9-11-15)13-5-2-1-3-6-13/h1-12,17H,18H2. The highest BCUT2D eigenvalue weighted by atomic mass is 16.3. The van der Waals surface area contributed by atoms with Crippen LogP contribution in [0.15, 0.2) is 77.4 Å². The smallest absolute Gasteiger partial charge is 0.124 e. The van der Waals surface area contributed by atoms with Crippen LogP contribution in [0.2, 0.25) is 0 Å². The van der Waals surface area contributed by atoms with Gasteiger partial charge in [-0.1, -0.05) is 54.6 Å². The van der Waals surface area contributed by atoms with Crippen LogP contribution >= 0.6 is 0 Å². The predicted molar refractivity (Wildman–Crippen MR) is 76.6 cm³/mol. The summed E-state index contributed by atoms with van der Waals surface area (Å²) in [5.41, 5.74) is 9.61. The van der Waals surface area contributed by atoms with Crippen molar-refractivity contribution in [1.82, 2.24) is 0 Å². The molecule has 0 radical (unpaired) electrons. The quantitative estimate of drug-likeness (QED) is 0.762. The van der Waals surface area contributed by atoms with Gasteiger partial charge in [-0.05, 0) is 28.8 Å². The van der Waals surface area contributed by atoms with E-state index in [1.54, 1.807) is 6.26 Å². The minimum Gasteiger partial charge on any atom is -0.467 e. The van der Waals surface area contributed by atoms with Crippen LogP contribution in [-0.4, -0.2) is 0 Å². The van der Waals surface area contributed by atoms with Crippen LogP contribution in [-0.2, 0) is 0 Å². The van der Waals surface area contributed by atoms with Crippen molar-refractivity contribution < 1.29 is 4.42 Å². The summed E-state index contributed by atoms with van der Waals surface area (Å²) in [5.74, 6) is 0.785. The first-order valence-electron chi connectivity index (χ1n) is 6.29. The molecule has 2 N–H and O–H groups in total. The van der Waals surface area contributed by atoms with Crippen molar-refractivity contribution in [2.24, 2.45) is 5.73 Å². The monoisotopic (exact) mass is 249 g/mol. The lowest BCUT2D eigenvalue weighted by atomic mass is 10.0. The Bertz CT molecular complexity index is 627. The Hall–Kier alpha value is -2.32. The van der Waals surface area contributed by atoms with Crippen molar-refractivity contribution in [2.75, 3.05) is 0 Å². The van der Waals surface area contributed by atoms with E-state index < -0.39 is 0 Å². The van der Waals surface area contributed by atoms with Crippen LogP contribution in [0.1, 0.15) is 17.4 Å². The molecule has 0 saturated carbocycles. The molecule has 2 nitrogen and oxygen atoms in total. The normalized spacial score (nSPS) is 12.3. The van der Waals surface area contributed by atoms with E-state index >= 15 is 0 Å². The third kappa shape index (κ3) is 2.44. The first-order valence-corrected chi connectivity index (χ1v) is 6.29. The van der Waals surface area contributed by atoms with E-state index in [0.29, 0.717) is 0 Å². The number of benzene rings is 2. The fraction of sp³-hybridized carbons (Fsp3) is 0.0588. The average molecular weight is 249 g/mol. The zero-order valence-corrected chi connectivity index (χ0v) is 10.5. The molecule has 0 aliphatic carbocycles. The Labute approximate surface area is 112 Å². The summed E-state index contributed by atoms with van der Waals surface area (Å²) in [6, 6.07) is 22.1. The highest BCUT2D eigenvalue weighted by Crippen LogP contribution is 2.24. The van der Waals surface area contributed by atoms with Crippen LogP contribution in [0.25, 0.3) is 11.1 Å². The molecular weight excluding hydrogens is 234 g/mol. The van der Waals surface area contributed by atoms with Crippen LogP contribution in [0.4, 0.5) is 0 Å². The molecule has 1 heterocycles. The van der Waals surface area contributed by atoms with Gasteiger partial charge in [-0.2, -0.15) is 0 Å². The molecule has 94 valence electrons. The van der Waals surface area contributed by atoms with Gasteiger partial charge >= 0.3 is 0 Å². The third-order valence-electron chi connectivity index (χ3n) is 3.23. The molecule has 0 saturated heterocycles. The van der Waals surface area contributed by atoms with E-state index in [-0.39, 0.29) is 6.04 Å². The van der Waals surface area contributed by atoms with Gasteiger partial charge in [0.15, 0.2) is 0 Å². The molecule has 19 heavy (non-hydrogen) atoms. The highest BCUT2D eigenvalue weighted by molar-refractivity contribution is 5.63. The first kappa shape index (κ1) is 11.8. The van der Waals surface area contributed by atoms with Crippen LogP contribution in [0.5, 0.6) is 0 Å². The minimum atomic E-state index is -0.208. The van der Waals surface area contributed by atoms with Crippen molar-refractivity contribution in [1.29, 1.82) is 0 Å². The molecule has 1 unspecified atom stereocenters. The molecule has 3 rings (SSSR count). The zero-order chi connectivity index (χ0) is 13.1. The number of furan rings is 1. The lowest BCUT2D eigenvalue weighted by Gasteiger charge is -2.10. The van der Waals surface area contributed by atoms with Crippen LogP contribution in [0, 0.1) is 0 Å². The molecule has 1 atom stereocenters. The van der Waals surface area contributed by atoms with E-state index in [4.69, 9.17) is 10.2 Å². The Morgan fingerprint density at radius 2 is 1.42 bits per heavy atom. The number of hydrogen-bond donors (Lipinski definition) is 1. The number of hydrogen-bond acceptors (Lipinski definition) is 2. The molecule has 3 aromatic rings. The second-order valence-corrected chi connectivity index (χ2v) is 4.48.